The molecule has 0 saturated carbocycles. The average Bonchev–Trinajstić information content (AvgIpc) is 2.64. The van der Waals surface area contributed by atoms with Crippen molar-refractivity contribution >= 4 is 27.4 Å². The SMILES string of the molecule is CN(C)c1ccc(-c2cc(N)n[nH]2)cc1Br. The molecule has 1 heterocycles. The topological polar surface area (TPSA) is 57.9 Å². The van der Waals surface area contributed by atoms with E-state index in [1.54, 1.807) is 0 Å². The summed E-state index contributed by atoms with van der Waals surface area (Å²) in [5, 5.41) is 6.80. The number of H-pyrrole nitrogens is 1. The number of anilines is 2. The Kier molecular flexibility index (Phi) is 2.87. The van der Waals surface area contributed by atoms with Gasteiger partial charge in [0.2, 0.25) is 0 Å². The monoisotopic (exact) mass is 280 g/mol. The van der Waals surface area contributed by atoms with Gasteiger partial charge in [-0.3, -0.25) is 5.10 Å². The van der Waals surface area contributed by atoms with Crippen LogP contribution in [-0.4, -0.2) is 24.3 Å². The molecule has 2 aromatic rings. The lowest BCUT2D eigenvalue weighted by Gasteiger charge is -2.14. The van der Waals surface area contributed by atoms with E-state index in [0.29, 0.717) is 5.82 Å². The van der Waals surface area contributed by atoms with Gasteiger partial charge in [-0.2, -0.15) is 5.10 Å². The number of nitrogen functional groups attached to an aromatic ring is 1. The summed E-state index contributed by atoms with van der Waals surface area (Å²) in [5.41, 5.74) is 8.68. The molecule has 0 spiro atoms. The number of benzene rings is 1. The predicted octanol–water partition coefficient (Wildman–Crippen LogP) is 2.49. The van der Waals surface area contributed by atoms with E-state index in [4.69, 9.17) is 5.73 Å². The zero-order valence-electron chi connectivity index (χ0n) is 9.16. The van der Waals surface area contributed by atoms with Gasteiger partial charge in [-0.05, 0) is 28.1 Å². The van der Waals surface area contributed by atoms with Crippen molar-refractivity contribution in [2.75, 3.05) is 24.7 Å². The maximum atomic E-state index is 5.57. The third kappa shape index (κ3) is 2.04. The van der Waals surface area contributed by atoms with E-state index in [1.807, 2.05) is 32.3 Å². The Bertz CT molecular complexity index is 504. The highest BCUT2D eigenvalue weighted by Gasteiger charge is 2.06. The zero-order chi connectivity index (χ0) is 11.7. The second-order valence-corrected chi connectivity index (χ2v) is 4.62. The highest BCUT2D eigenvalue weighted by atomic mass is 79.9. The molecule has 1 aromatic heterocycles. The van der Waals surface area contributed by atoms with E-state index in [9.17, 15) is 0 Å². The van der Waals surface area contributed by atoms with Crippen LogP contribution in [0.2, 0.25) is 0 Å². The molecule has 4 nitrogen and oxygen atoms in total. The van der Waals surface area contributed by atoms with Crippen LogP contribution < -0.4 is 10.6 Å². The van der Waals surface area contributed by atoms with E-state index in [2.05, 4.69) is 37.1 Å². The lowest BCUT2D eigenvalue weighted by atomic mass is 10.1. The van der Waals surface area contributed by atoms with Gasteiger partial charge in [0.05, 0.1) is 11.4 Å². The van der Waals surface area contributed by atoms with Gasteiger partial charge in [-0.1, -0.05) is 6.07 Å². The number of hydrogen-bond donors (Lipinski definition) is 2. The van der Waals surface area contributed by atoms with Crippen molar-refractivity contribution in [3.8, 4) is 11.3 Å². The first kappa shape index (κ1) is 11.0. The second-order valence-electron chi connectivity index (χ2n) is 3.77. The number of nitrogens with zero attached hydrogens (tertiary/aromatic N) is 2. The molecule has 0 aliphatic carbocycles. The van der Waals surface area contributed by atoms with Gasteiger partial charge in [-0.25, -0.2) is 0 Å². The van der Waals surface area contributed by atoms with Crippen LogP contribution >= 0.6 is 15.9 Å². The van der Waals surface area contributed by atoms with Crippen molar-refractivity contribution in [2.24, 2.45) is 0 Å². The molecular formula is C11H13BrN4. The third-order valence-corrected chi connectivity index (χ3v) is 2.97. The molecular weight excluding hydrogens is 268 g/mol. The van der Waals surface area contributed by atoms with E-state index in [1.165, 1.54) is 0 Å². The first-order chi connectivity index (χ1) is 7.58. The molecule has 0 unspecified atom stereocenters. The van der Waals surface area contributed by atoms with Gasteiger partial charge in [0, 0.05) is 30.2 Å². The van der Waals surface area contributed by atoms with Gasteiger partial charge < -0.3 is 10.6 Å². The Morgan fingerprint density at radius 3 is 2.56 bits per heavy atom. The molecule has 2 rings (SSSR count). The third-order valence-electron chi connectivity index (χ3n) is 2.34. The standard InChI is InChI=1S/C11H13BrN4/c1-16(2)10-4-3-7(5-8(10)12)9-6-11(13)15-14-9/h3-6H,1-2H3,(H3,13,14,15). The molecule has 0 fully saturated rings. The summed E-state index contributed by atoms with van der Waals surface area (Å²) in [6.45, 7) is 0. The van der Waals surface area contributed by atoms with Gasteiger partial charge in [0.15, 0.2) is 0 Å². The summed E-state index contributed by atoms with van der Waals surface area (Å²) in [5.74, 6) is 0.503. The number of aromatic amines is 1. The smallest absolute Gasteiger partial charge is 0.145 e. The molecule has 84 valence electrons. The number of nitrogens with two attached hydrogens (primary N) is 1. The average molecular weight is 281 g/mol. The molecule has 0 bridgehead atoms. The molecule has 5 heteroatoms. The largest absolute Gasteiger partial charge is 0.382 e. The minimum Gasteiger partial charge on any atom is -0.382 e. The Balaban J connectivity index is 2.42. The van der Waals surface area contributed by atoms with Gasteiger partial charge in [0.25, 0.3) is 0 Å². The molecule has 0 amide bonds. The maximum Gasteiger partial charge on any atom is 0.145 e. The fourth-order valence-electron chi connectivity index (χ4n) is 1.52. The molecule has 3 N–H and O–H groups in total. The Labute approximate surface area is 103 Å². The summed E-state index contributed by atoms with van der Waals surface area (Å²) < 4.78 is 1.04. The van der Waals surface area contributed by atoms with Gasteiger partial charge >= 0.3 is 0 Å². The van der Waals surface area contributed by atoms with E-state index in [-0.39, 0.29) is 0 Å². The first-order valence-corrected chi connectivity index (χ1v) is 5.65. The lowest BCUT2D eigenvalue weighted by Crippen LogP contribution is -2.09. The van der Waals surface area contributed by atoms with Gasteiger partial charge in [0.1, 0.15) is 5.82 Å². The summed E-state index contributed by atoms with van der Waals surface area (Å²) in [6, 6.07) is 7.95. The maximum absolute atomic E-state index is 5.57. The van der Waals surface area contributed by atoms with Crippen LogP contribution in [0, 0.1) is 0 Å². The number of halogens is 1. The normalized spacial score (nSPS) is 10.4. The Morgan fingerprint density at radius 2 is 2.06 bits per heavy atom. The fourth-order valence-corrected chi connectivity index (χ4v) is 2.26. The molecule has 0 aliphatic heterocycles. The van der Waals surface area contributed by atoms with E-state index < -0.39 is 0 Å². The highest BCUT2D eigenvalue weighted by Crippen LogP contribution is 2.30. The minimum absolute atomic E-state index is 0.503. The van der Waals surface area contributed by atoms with Crippen LogP contribution in [0.15, 0.2) is 28.7 Å². The first-order valence-electron chi connectivity index (χ1n) is 4.86. The second kappa shape index (κ2) is 4.17. The van der Waals surface area contributed by atoms with Gasteiger partial charge in [-0.15, -0.1) is 0 Å². The number of rotatable bonds is 2. The van der Waals surface area contributed by atoms with E-state index >= 15 is 0 Å². The molecule has 0 saturated heterocycles. The number of aromatic nitrogens is 2. The number of nitrogens with one attached hydrogen (secondary N) is 1. The van der Waals surface area contributed by atoms with Crippen LogP contribution in [0.25, 0.3) is 11.3 Å². The lowest BCUT2D eigenvalue weighted by molar-refractivity contribution is 1.10. The summed E-state index contributed by atoms with van der Waals surface area (Å²) in [4.78, 5) is 2.05. The number of hydrogen-bond acceptors (Lipinski definition) is 3. The van der Waals surface area contributed by atoms with Crippen molar-refractivity contribution in [3.05, 3.63) is 28.7 Å². The van der Waals surface area contributed by atoms with Crippen molar-refractivity contribution in [3.63, 3.8) is 0 Å². The van der Waals surface area contributed by atoms with Crippen LogP contribution in [0.5, 0.6) is 0 Å². The summed E-state index contributed by atoms with van der Waals surface area (Å²) >= 11 is 3.54. The fraction of sp³-hybridized carbons (Fsp3) is 0.182. The molecule has 1 aromatic carbocycles. The van der Waals surface area contributed by atoms with Crippen LogP contribution in [-0.2, 0) is 0 Å². The Morgan fingerprint density at radius 1 is 1.31 bits per heavy atom. The quantitative estimate of drug-likeness (QED) is 0.889. The summed E-state index contributed by atoms with van der Waals surface area (Å²) in [7, 11) is 4.02. The summed E-state index contributed by atoms with van der Waals surface area (Å²) in [6.07, 6.45) is 0. The van der Waals surface area contributed by atoms with Crippen molar-refractivity contribution in [2.45, 2.75) is 0 Å². The van der Waals surface area contributed by atoms with Crippen molar-refractivity contribution in [1.82, 2.24) is 10.2 Å². The minimum atomic E-state index is 0.503. The van der Waals surface area contributed by atoms with E-state index in [0.717, 1.165) is 21.4 Å². The molecule has 0 aliphatic rings. The van der Waals surface area contributed by atoms with Crippen molar-refractivity contribution in [1.29, 1.82) is 0 Å². The Hall–Kier alpha value is -1.49. The van der Waals surface area contributed by atoms with Crippen molar-refractivity contribution < 1.29 is 0 Å². The van der Waals surface area contributed by atoms with Crippen LogP contribution in [0.3, 0.4) is 0 Å². The van der Waals surface area contributed by atoms with Crippen LogP contribution in [0.1, 0.15) is 0 Å². The molecule has 0 radical (unpaired) electrons. The molecule has 0 atom stereocenters. The highest BCUT2D eigenvalue weighted by molar-refractivity contribution is 9.10. The molecule has 16 heavy (non-hydrogen) atoms. The predicted molar refractivity (Wildman–Crippen MR) is 70.5 cm³/mol. The van der Waals surface area contributed by atoms with Crippen LogP contribution in [0.4, 0.5) is 11.5 Å². The zero-order valence-corrected chi connectivity index (χ0v) is 10.7.